The van der Waals surface area contributed by atoms with E-state index in [1.807, 2.05) is 37.3 Å². The molecule has 0 bridgehead atoms. The Morgan fingerprint density at radius 3 is 2.64 bits per heavy atom. The van der Waals surface area contributed by atoms with Crippen molar-refractivity contribution in [3.05, 3.63) is 53.3 Å². The fourth-order valence-electron chi connectivity index (χ4n) is 4.85. The minimum absolute atomic E-state index is 0.0187. The number of nitriles is 1. The van der Waals surface area contributed by atoms with Crippen LogP contribution in [-0.2, 0) is 4.74 Å². The van der Waals surface area contributed by atoms with Crippen LogP contribution in [0.25, 0.3) is 10.9 Å². The van der Waals surface area contributed by atoms with E-state index in [4.69, 9.17) is 14.5 Å². The average Bonchev–Trinajstić information content (AvgIpc) is 2.82. The SMILES string of the molecule is COc1cc2nc(C)nc(N[C@H](C)c3cccc(C#N)c3)c2cc1N1CCC2(CC1)COC2. The van der Waals surface area contributed by atoms with Crippen LogP contribution in [0.15, 0.2) is 36.4 Å². The van der Waals surface area contributed by atoms with Gasteiger partial charge in [-0.15, -0.1) is 0 Å². The molecule has 0 saturated carbocycles. The molecule has 1 spiro atoms. The third kappa shape index (κ3) is 4.07. The molecular weight excluding hydrogens is 414 g/mol. The fraction of sp³-hybridized carbons (Fsp3) is 0.423. The number of piperidine rings is 1. The van der Waals surface area contributed by atoms with Gasteiger partial charge in [0.1, 0.15) is 17.4 Å². The lowest BCUT2D eigenvalue weighted by Crippen LogP contribution is -2.51. The summed E-state index contributed by atoms with van der Waals surface area (Å²) in [6, 6.07) is 14.0. The van der Waals surface area contributed by atoms with Gasteiger partial charge in [0.15, 0.2) is 0 Å². The normalized spacial score (nSPS) is 17.9. The number of rotatable bonds is 5. The van der Waals surface area contributed by atoms with Crippen LogP contribution in [0.2, 0.25) is 0 Å². The van der Waals surface area contributed by atoms with Crippen LogP contribution in [0.5, 0.6) is 5.75 Å². The summed E-state index contributed by atoms with van der Waals surface area (Å²) < 4.78 is 11.3. The lowest BCUT2D eigenvalue weighted by molar-refractivity contribution is -0.124. The Labute approximate surface area is 194 Å². The largest absolute Gasteiger partial charge is 0.495 e. The van der Waals surface area contributed by atoms with Gasteiger partial charge in [-0.2, -0.15) is 5.26 Å². The van der Waals surface area contributed by atoms with Crippen molar-refractivity contribution in [1.29, 1.82) is 5.26 Å². The molecule has 33 heavy (non-hydrogen) atoms. The van der Waals surface area contributed by atoms with Crippen molar-refractivity contribution in [2.45, 2.75) is 32.7 Å². The zero-order valence-corrected chi connectivity index (χ0v) is 19.4. The number of ether oxygens (including phenoxy) is 2. The number of methoxy groups -OCH3 is 1. The standard InChI is InChI=1S/C26H29N5O2/c1-17(20-6-4-5-19(11-20)14-27)28-25-21-12-23(24(32-3)13-22(21)29-18(2)30-25)31-9-7-26(8-10-31)15-33-16-26/h4-6,11-13,17H,7-10,15-16H2,1-3H3,(H,28,29,30)/t17-/m1/s1. The van der Waals surface area contributed by atoms with Gasteiger partial charge in [-0.1, -0.05) is 12.1 Å². The third-order valence-corrected chi connectivity index (χ3v) is 6.96. The summed E-state index contributed by atoms with van der Waals surface area (Å²) in [5.41, 5.74) is 3.99. The van der Waals surface area contributed by atoms with Gasteiger partial charge < -0.3 is 19.7 Å². The van der Waals surface area contributed by atoms with Gasteiger partial charge >= 0.3 is 0 Å². The van der Waals surface area contributed by atoms with Gasteiger partial charge in [0.2, 0.25) is 0 Å². The Morgan fingerprint density at radius 2 is 1.97 bits per heavy atom. The second-order valence-corrected chi connectivity index (χ2v) is 9.24. The lowest BCUT2D eigenvalue weighted by Gasteiger charge is -2.48. The average molecular weight is 444 g/mol. The van der Waals surface area contributed by atoms with Gasteiger partial charge in [0.25, 0.3) is 0 Å². The van der Waals surface area contributed by atoms with Crippen LogP contribution in [0.4, 0.5) is 11.5 Å². The van der Waals surface area contributed by atoms with Crippen molar-refractivity contribution in [3.63, 3.8) is 0 Å². The smallest absolute Gasteiger partial charge is 0.144 e. The molecule has 1 N–H and O–H groups in total. The van der Waals surface area contributed by atoms with Crippen molar-refractivity contribution in [2.24, 2.45) is 5.41 Å². The van der Waals surface area contributed by atoms with Crippen LogP contribution < -0.4 is 15.0 Å². The summed E-state index contributed by atoms with van der Waals surface area (Å²) in [5.74, 6) is 2.32. The Morgan fingerprint density at radius 1 is 1.18 bits per heavy atom. The molecule has 0 unspecified atom stereocenters. The first-order chi connectivity index (χ1) is 16.0. The highest BCUT2D eigenvalue weighted by Crippen LogP contribution is 2.42. The first-order valence-corrected chi connectivity index (χ1v) is 11.5. The van der Waals surface area contributed by atoms with Gasteiger partial charge in [-0.25, -0.2) is 9.97 Å². The molecule has 0 aliphatic carbocycles. The number of benzene rings is 2. The highest BCUT2D eigenvalue weighted by atomic mass is 16.5. The minimum Gasteiger partial charge on any atom is -0.495 e. The summed E-state index contributed by atoms with van der Waals surface area (Å²) >= 11 is 0. The molecule has 1 atom stereocenters. The van der Waals surface area contributed by atoms with E-state index in [0.29, 0.717) is 16.8 Å². The molecule has 7 nitrogen and oxygen atoms in total. The molecule has 2 aliphatic rings. The fourth-order valence-corrected chi connectivity index (χ4v) is 4.85. The number of nitrogens with zero attached hydrogens (tertiary/aromatic N) is 4. The number of aryl methyl sites for hydroxylation is 1. The number of anilines is 2. The summed E-state index contributed by atoms with van der Waals surface area (Å²) in [7, 11) is 1.72. The Hall–Kier alpha value is -3.37. The van der Waals surface area contributed by atoms with Crippen LogP contribution in [0.1, 0.15) is 42.8 Å². The van der Waals surface area contributed by atoms with Crippen molar-refractivity contribution in [2.75, 3.05) is 43.6 Å². The Bertz CT molecular complexity index is 1220. The molecule has 2 saturated heterocycles. The zero-order valence-electron chi connectivity index (χ0n) is 19.4. The molecule has 7 heteroatoms. The second-order valence-electron chi connectivity index (χ2n) is 9.24. The van der Waals surface area contributed by atoms with Crippen molar-refractivity contribution in [3.8, 4) is 11.8 Å². The van der Waals surface area contributed by atoms with E-state index in [0.717, 1.165) is 72.9 Å². The Balaban J connectivity index is 1.49. The molecule has 2 aromatic carbocycles. The van der Waals surface area contributed by atoms with Crippen molar-refractivity contribution < 1.29 is 9.47 Å². The number of nitrogens with one attached hydrogen (secondary N) is 1. The number of hydrogen-bond acceptors (Lipinski definition) is 7. The molecule has 170 valence electrons. The van der Waals surface area contributed by atoms with Crippen LogP contribution in [0, 0.1) is 23.7 Å². The highest BCUT2D eigenvalue weighted by Gasteiger charge is 2.41. The number of aromatic nitrogens is 2. The summed E-state index contributed by atoms with van der Waals surface area (Å²) in [6.45, 7) is 7.73. The predicted octanol–water partition coefficient (Wildman–Crippen LogP) is 4.61. The Kier molecular flexibility index (Phi) is 5.55. The second kappa shape index (κ2) is 8.53. The predicted molar refractivity (Wildman–Crippen MR) is 129 cm³/mol. The van der Waals surface area contributed by atoms with Gasteiger partial charge in [-0.3, -0.25) is 0 Å². The van der Waals surface area contributed by atoms with E-state index < -0.39 is 0 Å². The number of fused-ring (bicyclic) bond motifs is 1. The van der Waals surface area contributed by atoms with E-state index in [9.17, 15) is 5.26 Å². The maximum atomic E-state index is 9.25. The van der Waals surface area contributed by atoms with E-state index in [1.165, 1.54) is 0 Å². The topological polar surface area (TPSA) is 83.3 Å². The van der Waals surface area contributed by atoms with E-state index in [2.05, 4.69) is 34.3 Å². The van der Waals surface area contributed by atoms with Gasteiger partial charge in [0.05, 0.1) is 49.2 Å². The molecule has 1 aromatic heterocycles. The summed E-state index contributed by atoms with van der Waals surface area (Å²) in [6.07, 6.45) is 2.27. The maximum Gasteiger partial charge on any atom is 0.144 e. The third-order valence-electron chi connectivity index (χ3n) is 6.96. The van der Waals surface area contributed by atoms with Crippen molar-refractivity contribution >= 4 is 22.4 Å². The van der Waals surface area contributed by atoms with Crippen LogP contribution in [0.3, 0.4) is 0 Å². The molecule has 5 rings (SSSR count). The summed E-state index contributed by atoms with van der Waals surface area (Å²) in [5, 5.41) is 13.8. The number of hydrogen-bond donors (Lipinski definition) is 1. The van der Waals surface area contributed by atoms with Crippen molar-refractivity contribution in [1.82, 2.24) is 9.97 Å². The molecule has 3 aromatic rings. The quantitative estimate of drug-likeness (QED) is 0.616. The van der Waals surface area contributed by atoms with Crippen LogP contribution in [-0.4, -0.2) is 43.4 Å². The molecule has 3 heterocycles. The van der Waals surface area contributed by atoms with Gasteiger partial charge in [0, 0.05) is 30.0 Å². The molecule has 0 amide bonds. The summed E-state index contributed by atoms with van der Waals surface area (Å²) in [4.78, 5) is 11.8. The maximum absolute atomic E-state index is 9.25. The van der Waals surface area contributed by atoms with E-state index in [-0.39, 0.29) is 6.04 Å². The first-order valence-electron chi connectivity index (χ1n) is 11.5. The molecule has 2 aliphatic heterocycles. The van der Waals surface area contributed by atoms with Crippen LogP contribution >= 0.6 is 0 Å². The molecule has 2 fully saturated rings. The van der Waals surface area contributed by atoms with E-state index >= 15 is 0 Å². The highest BCUT2D eigenvalue weighted by molar-refractivity contribution is 5.94. The lowest BCUT2D eigenvalue weighted by atomic mass is 9.77. The zero-order chi connectivity index (χ0) is 23.0. The van der Waals surface area contributed by atoms with E-state index in [1.54, 1.807) is 7.11 Å². The first kappa shape index (κ1) is 21.5. The monoisotopic (exact) mass is 443 g/mol. The minimum atomic E-state index is -0.0187. The molecular formula is C26H29N5O2. The van der Waals surface area contributed by atoms with Gasteiger partial charge in [-0.05, 0) is 50.5 Å². The molecule has 0 radical (unpaired) electrons.